The molecule has 88 heavy (non-hydrogen) atoms. The van der Waals surface area contributed by atoms with Gasteiger partial charge in [-0.2, -0.15) is 0 Å². The molecule has 0 aromatic heterocycles. The molecule has 17 nitrogen and oxygen atoms in total. The van der Waals surface area contributed by atoms with Gasteiger partial charge in [0, 0.05) is 25.7 Å². The summed E-state index contributed by atoms with van der Waals surface area (Å²) in [4.78, 5) is 72.4. The molecule has 19 heteroatoms. The third-order valence-electron chi connectivity index (χ3n) is 16.3. The van der Waals surface area contributed by atoms with Crippen LogP contribution in [0.1, 0.15) is 350 Å². The van der Waals surface area contributed by atoms with Crippen LogP contribution >= 0.6 is 15.6 Å². The first-order valence-corrected chi connectivity index (χ1v) is 39.0. The van der Waals surface area contributed by atoms with Crippen LogP contribution in [0.15, 0.2) is 0 Å². The van der Waals surface area contributed by atoms with Crippen LogP contribution in [-0.2, 0) is 65.4 Å². The van der Waals surface area contributed by atoms with E-state index in [0.29, 0.717) is 25.7 Å². The van der Waals surface area contributed by atoms with Crippen LogP contribution in [0, 0.1) is 11.8 Å². The molecule has 0 fully saturated rings. The molecule has 3 unspecified atom stereocenters. The van der Waals surface area contributed by atoms with E-state index in [2.05, 4.69) is 41.5 Å². The number of ether oxygens (including phenoxy) is 4. The SMILES string of the molecule is CCCCCCCCCCCCCCCCC(=O)OC[C@H](COP(=O)(O)OC[C@@H](O)COP(=O)(O)OC[C@@H](COC(=O)CCCCCCCCCC)OC(=O)CCCCCCCCC(C)CC)OC(=O)CCCCCCCCCCCCCCCC(C)C. The van der Waals surface area contributed by atoms with Crippen LogP contribution in [0.25, 0.3) is 0 Å². The Morgan fingerprint density at radius 3 is 0.864 bits per heavy atom. The van der Waals surface area contributed by atoms with Gasteiger partial charge >= 0.3 is 39.5 Å². The molecule has 0 spiro atoms. The average Bonchev–Trinajstić information content (AvgIpc) is 3.62. The van der Waals surface area contributed by atoms with Crippen molar-refractivity contribution in [3.05, 3.63) is 0 Å². The normalized spacial score (nSPS) is 14.5. The Labute approximate surface area is 537 Å². The third kappa shape index (κ3) is 61.6. The number of hydrogen-bond acceptors (Lipinski definition) is 15. The van der Waals surface area contributed by atoms with Crippen molar-refractivity contribution in [3.8, 4) is 0 Å². The van der Waals surface area contributed by atoms with Crippen molar-refractivity contribution in [3.63, 3.8) is 0 Å². The number of carbonyl (C=O) groups excluding carboxylic acids is 4. The van der Waals surface area contributed by atoms with Crippen molar-refractivity contribution in [1.82, 2.24) is 0 Å². The lowest BCUT2D eigenvalue weighted by molar-refractivity contribution is -0.161. The second-order valence-electron chi connectivity index (χ2n) is 25.6. The summed E-state index contributed by atoms with van der Waals surface area (Å²) in [5.74, 6) is -0.623. The van der Waals surface area contributed by atoms with Gasteiger partial charge in [0.1, 0.15) is 19.3 Å². The van der Waals surface area contributed by atoms with Crippen molar-refractivity contribution in [2.45, 2.75) is 368 Å². The fourth-order valence-corrected chi connectivity index (χ4v) is 12.0. The molecule has 522 valence electrons. The van der Waals surface area contributed by atoms with Crippen molar-refractivity contribution in [2.24, 2.45) is 11.8 Å². The quantitative estimate of drug-likeness (QED) is 0.0222. The van der Waals surface area contributed by atoms with Crippen LogP contribution in [0.2, 0.25) is 0 Å². The highest BCUT2D eigenvalue weighted by atomic mass is 31.2. The second kappa shape index (κ2) is 61.3. The molecule has 6 atom stereocenters. The van der Waals surface area contributed by atoms with Crippen LogP contribution in [0.4, 0.5) is 0 Å². The fourth-order valence-electron chi connectivity index (χ4n) is 10.4. The van der Waals surface area contributed by atoms with E-state index in [4.69, 9.17) is 37.0 Å². The molecular formula is C69H134O17P2. The predicted molar refractivity (Wildman–Crippen MR) is 354 cm³/mol. The third-order valence-corrected chi connectivity index (χ3v) is 18.2. The zero-order valence-corrected chi connectivity index (χ0v) is 58.8. The Balaban J connectivity index is 5.22. The maximum Gasteiger partial charge on any atom is 0.472 e. The van der Waals surface area contributed by atoms with E-state index >= 15 is 0 Å². The predicted octanol–water partition coefficient (Wildman–Crippen LogP) is 19.6. The summed E-state index contributed by atoms with van der Waals surface area (Å²) >= 11 is 0. The van der Waals surface area contributed by atoms with Gasteiger partial charge in [-0.05, 0) is 37.5 Å². The smallest absolute Gasteiger partial charge is 0.462 e. The Morgan fingerprint density at radius 2 is 0.580 bits per heavy atom. The minimum absolute atomic E-state index is 0.103. The van der Waals surface area contributed by atoms with Crippen molar-refractivity contribution in [1.29, 1.82) is 0 Å². The molecule has 0 saturated carbocycles. The van der Waals surface area contributed by atoms with Gasteiger partial charge in [-0.1, -0.05) is 298 Å². The number of phosphoric acid groups is 2. The maximum atomic E-state index is 13.0. The highest BCUT2D eigenvalue weighted by Crippen LogP contribution is 2.45. The molecule has 0 heterocycles. The first-order valence-electron chi connectivity index (χ1n) is 36.0. The minimum atomic E-state index is -4.95. The van der Waals surface area contributed by atoms with E-state index in [0.717, 1.165) is 108 Å². The van der Waals surface area contributed by atoms with E-state index in [1.807, 2.05) is 0 Å². The number of carbonyl (C=O) groups is 4. The van der Waals surface area contributed by atoms with Crippen molar-refractivity contribution < 1.29 is 80.2 Å². The summed E-state index contributed by atoms with van der Waals surface area (Å²) in [6.07, 6.45) is 45.9. The Morgan fingerprint density at radius 1 is 0.330 bits per heavy atom. The van der Waals surface area contributed by atoms with E-state index in [1.165, 1.54) is 161 Å². The van der Waals surface area contributed by atoms with Crippen LogP contribution in [0.3, 0.4) is 0 Å². The number of hydrogen-bond donors (Lipinski definition) is 3. The number of rotatable bonds is 68. The van der Waals surface area contributed by atoms with Crippen LogP contribution in [-0.4, -0.2) is 96.7 Å². The summed E-state index contributed by atoms with van der Waals surface area (Å²) < 4.78 is 68.2. The van der Waals surface area contributed by atoms with Gasteiger partial charge in [0.2, 0.25) is 0 Å². The maximum absolute atomic E-state index is 13.0. The van der Waals surface area contributed by atoms with E-state index in [1.54, 1.807) is 0 Å². The summed E-state index contributed by atoms with van der Waals surface area (Å²) in [5, 5.41) is 10.6. The van der Waals surface area contributed by atoms with Gasteiger partial charge in [0.25, 0.3) is 0 Å². The summed E-state index contributed by atoms with van der Waals surface area (Å²) in [6.45, 7) is 9.48. The molecule has 0 radical (unpaired) electrons. The van der Waals surface area contributed by atoms with Crippen molar-refractivity contribution >= 4 is 39.5 Å². The molecule has 0 amide bonds. The van der Waals surface area contributed by atoms with E-state index < -0.39 is 97.5 Å². The number of esters is 4. The summed E-state index contributed by atoms with van der Waals surface area (Å²) in [5.41, 5.74) is 0. The zero-order chi connectivity index (χ0) is 65.0. The molecule has 0 aromatic carbocycles. The topological polar surface area (TPSA) is 237 Å². The van der Waals surface area contributed by atoms with Gasteiger partial charge in [0.15, 0.2) is 12.2 Å². The fraction of sp³-hybridized carbons (Fsp3) is 0.942. The highest BCUT2D eigenvalue weighted by molar-refractivity contribution is 7.47. The molecule has 0 aliphatic heterocycles. The van der Waals surface area contributed by atoms with Gasteiger partial charge in [0.05, 0.1) is 26.4 Å². The molecule has 0 bridgehead atoms. The van der Waals surface area contributed by atoms with Crippen molar-refractivity contribution in [2.75, 3.05) is 39.6 Å². The van der Waals surface area contributed by atoms with Gasteiger partial charge in [-0.3, -0.25) is 37.3 Å². The first-order chi connectivity index (χ1) is 42.4. The number of phosphoric ester groups is 2. The standard InChI is InChI=1S/C69H134O17P2/c1-7-10-12-14-16-18-19-20-23-26-29-33-40-46-52-67(72)80-57-64(85-68(73)53-47-41-34-30-27-24-21-22-25-28-31-37-43-49-61(4)5)59-83-87(75,76)81-55-63(70)56-82-88(77,78)84-60-65(58-79-66(71)51-45-39-32-17-15-13-11-8-2)86-69(74)54-48-42-36-35-38-44-50-62(6)9-3/h61-65,70H,7-60H2,1-6H3,(H,75,76)(H,77,78)/t62?,63-,64-,65-/m1/s1. The second-order valence-corrected chi connectivity index (χ2v) is 28.5. The van der Waals surface area contributed by atoms with E-state index in [9.17, 15) is 43.2 Å². The lowest BCUT2D eigenvalue weighted by Crippen LogP contribution is -2.30. The first kappa shape index (κ1) is 86.1. The highest BCUT2D eigenvalue weighted by Gasteiger charge is 2.30. The lowest BCUT2D eigenvalue weighted by Gasteiger charge is -2.21. The Hall–Kier alpha value is -1.94. The Bertz CT molecular complexity index is 1720. The molecule has 3 N–H and O–H groups in total. The lowest BCUT2D eigenvalue weighted by atomic mass is 10.00. The largest absolute Gasteiger partial charge is 0.472 e. The van der Waals surface area contributed by atoms with E-state index in [-0.39, 0.29) is 25.7 Å². The molecular weight excluding hydrogens is 1160 g/mol. The number of unbranched alkanes of at least 4 members (excludes halogenated alkanes) is 37. The van der Waals surface area contributed by atoms with Crippen LogP contribution in [0.5, 0.6) is 0 Å². The molecule has 0 aromatic rings. The monoisotopic (exact) mass is 1300 g/mol. The number of aliphatic hydroxyl groups is 1. The molecule has 0 rings (SSSR count). The molecule has 0 aliphatic rings. The van der Waals surface area contributed by atoms with Crippen LogP contribution < -0.4 is 0 Å². The van der Waals surface area contributed by atoms with Gasteiger partial charge < -0.3 is 33.8 Å². The Kier molecular flexibility index (Phi) is 59.9. The average molecular weight is 1300 g/mol. The molecule has 0 aliphatic carbocycles. The summed E-state index contributed by atoms with van der Waals surface area (Å²) in [6, 6.07) is 0. The van der Waals surface area contributed by atoms with Gasteiger partial charge in [-0.15, -0.1) is 0 Å². The van der Waals surface area contributed by atoms with Gasteiger partial charge in [-0.25, -0.2) is 9.13 Å². The number of aliphatic hydroxyl groups excluding tert-OH is 1. The molecule has 0 saturated heterocycles. The minimum Gasteiger partial charge on any atom is -0.462 e. The zero-order valence-electron chi connectivity index (χ0n) is 57.0. The summed E-state index contributed by atoms with van der Waals surface area (Å²) in [7, 11) is -9.89.